The van der Waals surface area contributed by atoms with Crippen LogP contribution in [0.5, 0.6) is 5.75 Å². The quantitative estimate of drug-likeness (QED) is 0.542. The van der Waals surface area contributed by atoms with E-state index in [1.165, 1.54) is 0 Å². The van der Waals surface area contributed by atoms with Crippen LogP contribution in [-0.4, -0.2) is 36.3 Å². The molecule has 1 aliphatic rings. The molecule has 0 bridgehead atoms. The Morgan fingerprint density at radius 1 is 1.18 bits per heavy atom. The van der Waals surface area contributed by atoms with Gasteiger partial charge in [-0.1, -0.05) is 41.1 Å². The summed E-state index contributed by atoms with van der Waals surface area (Å²) in [7, 11) is 1.58. The lowest BCUT2D eigenvalue weighted by atomic mass is 9.86. The van der Waals surface area contributed by atoms with Gasteiger partial charge in [0.1, 0.15) is 11.3 Å². The van der Waals surface area contributed by atoms with Crippen LogP contribution in [0.3, 0.4) is 0 Å². The van der Waals surface area contributed by atoms with Gasteiger partial charge in [0, 0.05) is 10.0 Å². The molecule has 1 saturated heterocycles. The minimum Gasteiger partial charge on any atom is -0.496 e. The Labute approximate surface area is 172 Å². The molecule has 2 aromatic rings. The molecular formula is C21H21BrN2O4. The maximum absolute atomic E-state index is 13.2. The number of carbonyl (C=O) groups is 3. The lowest BCUT2D eigenvalue weighted by molar-refractivity contribution is -0.131. The molecule has 1 aliphatic heterocycles. The van der Waals surface area contributed by atoms with E-state index in [2.05, 4.69) is 21.2 Å². The highest BCUT2D eigenvalue weighted by molar-refractivity contribution is 9.10. The lowest BCUT2D eigenvalue weighted by Gasteiger charge is -2.26. The van der Waals surface area contributed by atoms with Gasteiger partial charge in [-0.3, -0.25) is 14.5 Å². The number of ketones is 1. The first kappa shape index (κ1) is 20.1. The second-order valence-electron chi connectivity index (χ2n) is 6.69. The number of ether oxygens (including phenoxy) is 1. The van der Waals surface area contributed by atoms with Gasteiger partial charge in [-0.15, -0.1) is 0 Å². The third kappa shape index (κ3) is 3.42. The third-order valence-electron chi connectivity index (χ3n) is 5.06. The summed E-state index contributed by atoms with van der Waals surface area (Å²) >= 11 is 3.32. The Bertz CT molecular complexity index is 942. The number of rotatable bonds is 6. The molecule has 3 amide bonds. The van der Waals surface area contributed by atoms with Crippen LogP contribution in [-0.2, 0) is 10.3 Å². The van der Waals surface area contributed by atoms with Gasteiger partial charge in [-0.25, -0.2) is 4.79 Å². The van der Waals surface area contributed by atoms with E-state index in [-0.39, 0.29) is 12.3 Å². The van der Waals surface area contributed by atoms with Gasteiger partial charge in [0.15, 0.2) is 5.78 Å². The van der Waals surface area contributed by atoms with Crippen molar-refractivity contribution in [1.29, 1.82) is 0 Å². The van der Waals surface area contributed by atoms with Crippen molar-refractivity contribution >= 4 is 33.7 Å². The maximum atomic E-state index is 13.2. The Hall–Kier alpha value is -2.67. The molecule has 1 N–H and O–H groups in total. The molecule has 6 nitrogen and oxygen atoms in total. The van der Waals surface area contributed by atoms with Gasteiger partial charge in [0.2, 0.25) is 0 Å². The van der Waals surface area contributed by atoms with E-state index in [0.29, 0.717) is 23.3 Å². The summed E-state index contributed by atoms with van der Waals surface area (Å²) < 4.78 is 6.12. The van der Waals surface area contributed by atoms with Crippen molar-refractivity contribution in [2.45, 2.75) is 25.8 Å². The molecule has 1 unspecified atom stereocenters. The van der Waals surface area contributed by atoms with Crippen molar-refractivity contribution < 1.29 is 19.1 Å². The Morgan fingerprint density at radius 2 is 1.86 bits per heavy atom. The number of methoxy groups -OCH3 is 1. The van der Waals surface area contributed by atoms with Crippen LogP contribution in [0, 0.1) is 6.92 Å². The van der Waals surface area contributed by atoms with Gasteiger partial charge in [0.25, 0.3) is 5.91 Å². The second-order valence-corrected chi connectivity index (χ2v) is 7.61. The van der Waals surface area contributed by atoms with Gasteiger partial charge in [-0.2, -0.15) is 0 Å². The van der Waals surface area contributed by atoms with E-state index in [1.807, 2.05) is 19.9 Å². The first-order chi connectivity index (χ1) is 13.3. The zero-order valence-corrected chi connectivity index (χ0v) is 17.5. The molecule has 0 saturated carbocycles. The number of aryl methyl sites for hydroxylation is 1. The highest BCUT2D eigenvalue weighted by Gasteiger charge is 2.51. The molecule has 1 fully saturated rings. The average Bonchev–Trinajstić information content (AvgIpc) is 2.93. The van der Waals surface area contributed by atoms with E-state index < -0.39 is 17.5 Å². The lowest BCUT2D eigenvalue weighted by Crippen LogP contribution is -2.44. The van der Waals surface area contributed by atoms with Crippen molar-refractivity contribution in [3.63, 3.8) is 0 Å². The minimum absolute atomic E-state index is 0.297. The highest BCUT2D eigenvalue weighted by Crippen LogP contribution is 2.34. The maximum Gasteiger partial charge on any atom is 0.325 e. The SMILES string of the molecule is CCC1(c2ccc(OC)c(C)c2)NC(=O)N(CC(=O)c2ccc(Br)cc2)C1=O. The fourth-order valence-corrected chi connectivity index (χ4v) is 3.69. The molecule has 0 spiro atoms. The number of nitrogens with zero attached hydrogens (tertiary/aromatic N) is 1. The molecule has 1 atom stereocenters. The molecular weight excluding hydrogens is 424 g/mol. The summed E-state index contributed by atoms with van der Waals surface area (Å²) in [6.45, 7) is 3.41. The summed E-state index contributed by atoms with van der Waals surface area (Å²) in [5.41, 5.74) is 0.788. The van der Waals surface area contributed by atoms with Crippen LogP contribution in [0.15, 0.2) is 46.9 Å². The van der Waals surface area contributed by atoms with Crippen LogP contribution < -0.4 is 10.1 Å². The number of hydrogen-bond acceptors (Lipinski definition) is 4. The number of Topliss-reactive ketones (excluding diaryl/α,β-unsaturated/α-hetero) is 1. The molecule has 146 valence electrons. The monoisotopic (exact) mass is 444 g/mol. The Balaban J connectivity index is 1.89. The van der Waals surface area contributed by atoms with E-state index in [0.717, 1.165) is 14.9 Å². The van der Waals surface area contributed by atoms with Crippen LogP contribution >= 0.6 is 15.9 Å². The van der Waals surface area contributed by atoms with Gasteiger partial charge >= 0.3 is 6.03 Å². The van der Waals surface area contributed by atoms with Crippen LogP contribution in [0.1, 0.15) is 34.8 Å². The topological polar surface area (TPSA) is 75.7 Å². The minimum atomic E-state index is -1.19. The van der Waals surface area contributed by atoms with E-state index >= 15 is 0 Å². The van der Waals surface area contributed by atoms with Crippen LogP contribution in [0.25, 0.3) is 0 Å². The molecule has 2 aromatic carbocycles. The zero-order chi connectivity index (χ0) is 20.5. The smallest absolute Gasteiger partial charge is 0.325 e. The number of halogens is 1. The number of benzene rings is 2. The molecule has 7 heteroatoms. The normalized spacial score (nSPS) is 18.9. The molecule has 28 heavy (non-hydrogen) atoms. The van der Waals surface area contributed by atoms with Gasteiger partial charge in [0.05, 0.1) is 13.7 Å². The van der Waals surface area contributed by atoms with Crippen molar-refractivity contribution in [1.82, 2.24) is 10.2 Å². The fourth-order valence-electron chi connectivity index (χ4n) is 3.42. The zero-order valence-electron chi connectivity index (χ0n) is 15.9. The molecule has 0 aromatic heterocycles. The number of hydrogen-bond donors (Lipinski definition) is 1. The highest BCUT2D eigenvalue weighted by atomic mass is 79.9. The van der Waals surface area contributed by atoms with Crippen molar-refractivity contribution in [3.05, 3.63) is 63.6 Å². The summed E-state index contributed by atoms with van der Waals surface area (Å²) in [5, 5.41) is 2.80. The van der Waals surface area contributed by atoms with Crippen molar-refractivity contribution in [3.8, 4) is 5.75 Å². The summed E-state index contributed by atoms with van der Waals surface area (Å²) in [6, 6.07) is 11.6. The van der Waals surface area contributed by atoms with Crippen LogP contribution in [0.4, 0.5) is 4.79 Å². The largest absolute Gasteiger partial charge is 0.496 e. The predicted octanol–water partition coefficient (Wildman–Crippen LogP) is 3.81. The first-order valence-corrected chi connectivity index (χ1v) is 9.69. The number of imide groups is 1. The molecule has 0 aliphatic carbocycles. The second kappa shape index (κ2) is 7.75. The molecule has 0 radical (unpaired) electrons. The van der Waals surface area contributed by atoms with Gasteiger partial charge < -0.3 is 10.1 Å². The fraction of sp³-hybridized carbons (Fsp3) is 0.286. The van der Waals surface area contributed by atoms with Crippen molar-refractivity contribution in [2.75, 3.05) is 13.7 Å². The molecule has 1 heterocycles. The summed E-state index contributed by atoms with van der Waals surface area (Å²) in [5.74, 6) is -0.0158. The average molecular weight is 445 g/mol. The number of amides is 3. The number of carbonyl (C=O) groups excluding carboxylic acids is 3. The van der Waals surface area contributed by atoms with Crippen molar-refractivity contribution in [2.24, 2.45) is 0 Å². The van der Waals surface area contributed by atoms with E-state index in [1.54, 1.807) is 43.5 Å². The third-order valence-corrected chi connectivity index (χ3v) is 5.59. The number of urea groups is 1. The van der Waals surface area contributed by atoms with E-state index in [9.17, 15) is 14.4 Å². The number of nitrogens with one attached hydrogen (secondary N) is 1. The molecule has 3 rings (SSSR count). The summed E-state index contributed by atoms with van der Waals surface area (Å²) in [6.07, 6.45) is 0.367. The summed E-state index contributed by atoms with van der Waals surface area (Å²) in [4.78, 5) is 39.3. The predicted molar refractivity (Wildman–Crippen MR) is 108 cm³/mol. The van der Waals surface area contributed by atoms with E-state index in [4.69, 9.17) is 4.74 Å². The first-order valence-electron chi connectivity index (χ1n) is 8.90. The van der Waals surface area contributed by atoms with Gasteiger partial charge in [-0.05, 0) is 48.7 Å². The Kier molecular flexibility index (Phi) is 5.56. The Morgan fingerprint density at radius 3 is 2.43 bits per heavy atom. The standard InChI is InChI=1S/C21H21BrN2O4/c1-4-21(15-7-10-18(28-3)13(2)11-15)19(26)24(20(27)23-21)12-17(25)14-5-8-16(22)9-6-14/h5-11H,4,12H2,1-3H3,(H,23,27). The van der Waals surface area contributed by atoms with Crippen LogP contribution in [0.2, 0.25) is 0 Å².